The summed E-state index contributed by atoms with van der Waals surface area (Å²) in [7, 11) is -6.35. The van der Waals surface area contributed by atoms with Crippen LogP contribution < -0.4 is 14.7 Å². The second-order valence-electron chi connectivity index (χ2n) is 17.7. The molecule has 0 bridgehead atoms. The summed E-state index contributed by atoms with van der Waals surface area (Å²) in [5.74, 6) is -0.155. The summed E-state index contributed by atoms with van der Waals surface area (Å²) >= 11 is 12.5. The molecule has 6 aromatic rings. The standard InChI is InChI=1S/C16H20ClN3O.C15H20ClN3O2S.C13H16FN3O2S/c1-11(21)20-7-6-19(10-16(20,2)3)15-9-12(17)8-14-13(15)4-5-18-14;1-15(2)10-18(6-7-19(15)22(3,20)21)14-9-11(16)8-13-12(14)4-5-17-13;1-20(18,19)17-6-4-16(5-7-17)13-9-10(14)8-12-11(13)2-3-15-12/h4-5,8-9,18H,6-7,10H2,1-3H3;4-5,8-9,17H,6-7,10H2,1-3H3;2-3,8-9,15H,4-7H2,1H3. The number of nitrogens with zero attached hydrogens (tertiary/aromatic N) is 6. The number of carbonyl (C=O) groups is 1. The van der Waals surface area contributed by atoms with Crippen molar-refractivity contribution in [1.29, 1.82) is 0 Å². The van der Waals surface area contributed by atoms with Crippen molar-refractivity contribution in [3.63, 3.8) is 0 Å². The Morgan fingerprint density at radius 2 is 1.02 bits per heavy atom. The molecule has 3 saturated heterocycles. The van der Waals surface area contributed by atoms with Gasteiger partial charge >= 0.3 is 0 Å². The van der Waals surface area contributed by atoms with Crippen molar-refractivity contribution >= 4 is 98.9 Å². The van der Waals surface area contributed by atoms with E-state index in [-0.39, 0.29) is 17.3 Å². The molecule has 14 nitrogen and oxygen atoms in total. The third kappa shape index (κ3) is 10.2. The minimum atomic E-state index is -3.20. The first-order chi connectivity index (χ1) is 29.5. The molecule has 0 atom stereocenters. The number of H-pyrrole nitrogens is 3. The lowest BCUT2D eigenvalue weighted by Crippen LogP contribution is -2.60. The van der Waals surface area contributed by atoms with E-state index >= 15 is 0 Å². The highest BCUT2D eigenvalue weighted by atomic mass is 35.5. The van der Waals surface area contributed by atoms with Crippen LogP contribution in [0.25, 0.3) is 32.7 Å². The lowest BCUT2D eigenvalue weighted by Gasteiger charge is -2.47. The van der Waals surface area contributed by atoms with Gasteiger partial charge in [-0.1, -0.05) is 23.2 Å². The molecule has 63 heavy (non-hydrogen) atoms. The van der Waals surface area contributed by atoms with Crippen molar-refractivity contribution in [3.05, 3.63) is 89.1 Å². The molecule has 1 amide bonds. The monoisotopic (exact) mass is 943 g/mol. The minimum Gasteiger partial charge on any atom is -0.368 e. The molecule has 0 radical (unpaired) electrons. The Balaban J connectivity index is 0.000000142. The second kappa shape index (κ2) is 17.8. The van der Waals surface area contributed by atoms with Gasteiger partial charge in [0.1, 0.15) is 5.82 Å². The number of aromatic amines is 3. The van der Waals surface area contributed by atoms with Crippen LogP contribution in [0.2, 0.25) is 10.0 Å². The average Bonchev–Trinajstić information content (AvgIpc) is 3.97. The Bertz CT molecular complexity index is 2850. The minimum absolute atomic E-state index is 0.137. The quantitative estimate of drug-likeness (QED) is 0.163. The number of piperazine rings is 3. The fourth-order valence-corrected chi connectivity index (χ4v) is 11.9. The number of halogens is 3. The van der Waals surface area contributed by atoms with Gasteiger partial charge in [-0.15, -0.1) is 0 Å². The van der Waals surface area contributed by atoms with E-state index < -0.39 is 25.6 Å². The highest BCUT2D eigenvalue weighted by molar-refractivity contribution is 7.88. The van der Waals surface area contributed by atoms with Crippen molar-refractivity contribution in [2.75, 3.05) is 92.7 Å². The van der Waals surface area contributed by atoms with E-state index in [4.69, 9.17) is 23.2 Å². The van der Waals surface area contributed by atoms with Gasteiger partial charge in [-0.3, -0.25) is 4.79 Å². The van der Waals surface area contributed by atoms with Gasteiger partial charge in [0.15, 0.2) is 0 Å². The number of hydrogen-bond donors (Lipinski definition) is 3. The lowest BCUT2D eigenvalue weighted by atomic mass is 9.97. The zero-order chi connectivity index (χ0) is 45.6. The maximum atomic E-state index is 13.6. The zero-order valence-electron chi connectivity index (χ0n) is 36.7. The van der Waals surface area contributed by atoms with Crippen molar-refractivity contribution in [2.24, 2.45) is 0 Å². The average molecular weight is 945 g/mol. The molecule has 9 rings (SSSR count). The summed E-state index contributed by atoms with van der Waals surface area (Å²) in [6, 6.07) is 16.8. The van der Waals surface area contributed by atoms with Crippen LogP contribution in [0.3, 0.4) is 0 Å². The normalized spacial score (nSPS) is 18.6. The third-order valence-corrected chi connectivity index (χ3v) is 15.3. The third-order valence-electron chi connectivity index (χ3n) is 12.1. The van der Waals surface area contributed by atoms with E-state index in [9.17, 15) is 26.0 Å². The van der Waals surface area contributed by atoms with E-state index in [1.165, 1.54) is 34.3 Å². The van der Waals surface area contributed by atoms with Gasteiger partial charge in [-0.05, 0) is 82.3 Å². The lowest BCUT2D eigenvalue weighted by molar-refractivity contribution is -0.134. The number of sulfonamides is 2. The number of amides is 1. The van der Waals surface area contributed by atoms with Gasteiger partial charge in [0, 0.05) is 151 Å². The van der Waals surface area contributed by atoms with E-state index in [0.717, 1.165) is 69.0 Å². The van der Waals surface area contributed by atoms with Gasteiger partial charge in [0.05, 0.1) is 23.6 Å². The molecule has 3 fully saturated rings. The molecule has 0 aliphatic carbocycles. The Morgan fingerprint density at radius 3 is 1.44 bits per heavy atom. The van der Waals surface area contributed by atoms with Crippen LogP contribution in [0.5, 0.6) is 0 Å². The molecule has 3 N–H and O–H groups in total. The number of benzene rings is 3. The van der Waals surface area contributed by atoms with Crippen LogP contribution in [0, 0.1) is 5.82 Å². The molecule has 0 unspecified atom stereocenters. The number of carbonyl (C=O) groups excluding carboxylic acids is 1. The molecule has 0 spiro atoms. The number of fused-ring (bicyclic) bond motifs is 3. The predicted molar refractivity (Wildman–Crippen MR) is 255 cm³/mol. The first-order valence-corrected chi connectivity index (χ1v) is 25.2. The van der Waals surface area contributed by atoms with Crippen LogP contribution >= 0.6 is 23.2 Å². The highest BCUT2D eigenvalue weighted by Gasteiger charge is 2.40. The summed E-state index contributed by atoms with van der Waals surface area (Å²) < 4.78 is 63.6. The molecule has 340 valence electrons. The summed E-state index contributed by atoms with van der Waals surface area (Å²) in [4.78, 5) is 29.7. The number of aromatic nitrogens is 3. The van der Waals surface area contributed by atoms with Gasteiger partial charge in [0.25, 0.3) is 0 Å². The fraction of sp³-hybridized carbons (Fsp3) is 0.432. The van der Waals surface area contributed by atoms with E-state index in [1.54, 1.807) is 17.4 Å². The molecule has 3 aliphatic rings. The topological polar surface area (TPSA) is 152 Å². The maximum Gasteiger partial charge on any atom is 0.220 e. The number of nitrogens with one attached hydrogen (secondary N) is 3. The smallest absolute Gasteiger partial charge is 0.220 e. The van der Waals surface area contributed by atoms with Gasteiger partial charge < -0.3 is 34.6 Å². The Hall–Kier alpha value is -4.52. The first-order valence-electron chi connectivity index (χ1n) is 20.8. The van der Waals surface area contributed by atoms with Crippen molar-refractivity contribution in [3.8, 4) is 0 Å². The zero-order valence-corrected chi connectivity index (χ0v) is 39.8. The fourth-order valence-electron chi connectivity index (χ4n) is 9.29. The van der Waals surface area contributed by atoms with E-state index in [1.807, 2.05) is 72.4 Å². The van der Waals surface area contributed by atoms with Crippen molar-refractivity contribution in [1.82, 2.24) is 28.5 Å². The molecule has 19 heteroatoms. The first kappa shape index (κ1) is 46.5. The molecule has 3 aliphatic heterocycles. The van der Waals surface area contributed by atoms with Crippen molar-refractivity contribution in [2.45, 2.75) is 45.7 Å². The highest BCUT2D eigenvalue weighted by Crippen LogP contribution is 2.36. The molecule has 3 aromatic heterocycles. The molecule has 0 saturated carbocycles. The Labute approximate surface area is 379 Å². The SMILES string of the molecule is CC(=O)N1CCN(c2cc(Cl)cc3[nH]ccc23)CC1(C)C.CC1(C)CN(c2cc(Cl)cc3[nH]ccc23)CCN1S(C)(=O)=O.CS(=O)(=O)N1CCN(c2cc(F)cc3[nH]ccc23)CC1. The molecule has 6 heterocycles. The number of anilines is 3. The van der Waals surface area contributed by atoms with Crippen LogP contribution in [-0.2, 0) is 24.8 Å². The molecular weight excluding hydrogens is 889 g/mol. The van der Waals surface area contributed by atoms with E-state index in [2.05, 4.69) is 44.7 Å². The predicted octanol–water partition coefficient (Wildman–Crippen LogP) is 7.34. The summed E-state index contributed by atoms with van der Waals surface area (Å²) in [5, 5.41) is 4.64. The van der Waals surface area contributed by atoms with Gasteiger partial charge in [0.2, 0.25) is 26.0 Å². The van der Waals surface area contributed by atoms with Gasteiger partial charge in [-0.2, -0.15) is 8.61 Å². The van der Waals surface area contributed by atoms with E-state index in [0.29, 0.717) is 50.8 Å². The summed E-state index contributed by atoms with van der Waals surface area (Å²) in [6.45, 7) is 15.9. The Kier molecular flexibility index (Phi) is 13.1. The maximum absolute atomic E-state index is 13.6. The van der Waals surface area contributed by atoms with Gasteiger partial charge in [-0.25, -0.2) is 21.2 Å². The summed E-state index contributed by atoms with van der Waals surface area (Å²) in [6.07, 6.45) is 8.09. The van der Waals surface area contributed by atoms with Crippen molar-refractivity contribution < 1.29 is 26.0 Å². The summed E-state index contributed by atoms with van der Waals surface area (Å²) in [5.41, 5.74) is 5.14. The number of hydrogen-bond acceptors (Lipinski definition) is 8. The largest absolute Gasteiger partial charge is 0.368 e. The second-order valence-corrected chi connectivity index (χ2v) is 22.5. The van der Waals surface area contributed by atoms with Crippen LogP contribution in [0.15, 0.2) is 73.2 Å². The van der Waals surface area contributed by atoms with Crippen LogP contribution in [-0.4, -0.2) is 140 Å². The molecule has 3 aromatic carbocycles. The Morgan fingerprint density at radius 1 is 0.587 bits per heavy atom. The number of rotatable bonds is 5. The van der Waals surface area contributed by atoms with Crippen LogP contribution in [0.4, 0.5) is 21.5 Å². The molecular formula is C44H56Cl2FN9O5S2. The van der Waals surface area contributed by atoms with Crippen LogP contribution in [0.1, 0.15) is 34.6 Å².